The van der Waals surface area contributed by atoms with Crippen LogP contribution in [0.15, 0.2) is 12.1 Å². The van der Waals surface area contributed by atoms with Crippen molar-refractivity contribution in [2.24, 2.45) is 5.73 Å². The number of carboxylic acid groups (broad SMARTS) is 1. The highest BCUT2D eigenvalue weighted by Gasteiger charge is 2.18. The Balaban J connectivity index is 3.32. The number of anilines is 1. The van der Waals surface area contributed by atoms with Gasteiger partial charge in [-0.05, 0) is 31.9 Å². The van der Waals surface area contributed by atoms with Gasteiger partial charge in [-0.3, -0.25) is 4.79 Å². The van der Waals surface area contributed by atoms with Crippen molar-refractivity contribution in [2.75, 3.05) is 11.4 Å². The molecule has 0 unspecified atom stereocenters. The molecule has 0 aliphatic carbocycles. The molecule has 1 aromatic heterocycles. The number of carbonyl (C=O) groups is 2. The molecule has 0 atom stereocenters. The summed E-state index contributed by atoms with van der Waals surface area (Å²) < 4.78 is 0. The first-order chi connectivity index (χ1) is 9.22. The number of pyridine rings is 1. The van der Waals surface area contributed by atoms with E-state index in [0.717, 1.165) is 0 Å². The molecule has 0 aliphatic rings. The average Bonchev–Trinajstić information content (AvgIpc) is 2.34. The minimum Gasteiger partial charge on any atom is -0.478 e. The van der Waals surface area contributed by atoms with E-state index in [1.165, 1.54) is 6.07 Å². The quantitative estimate of drug-likeness (QED) is 0.824. The Morgan fingerprint density at radius 1 is 1.30 bits per heavy atom. The molecule has 110 valence electrons. The molecule has 0 aliphatic heterocycles. The number of nitrogens with zero attached hydrogens (tertiary/aromatic N) is 2. The number of aromatic carboxylic acids is 1. The summed E-state index contributed by atoms with van der Waals surface area (Å²) in [4.78, 5) is 28.5. The molecule has 1 heterocycles. The molecule has 0 saturated carbocycles. The number of rotatable bonds is 6. The standard InChI is InChI=1S/C14H21N3O3/c1-8(2)11-5-10(14(19)20)6-13(16-11)17(9(3)4)7-12(15)18/h5-6,8-9H,7H2,1-4H3,(H2,15,18)(H,19,20). The maximum atomic E-state index is 11.2. The fraction of sp³-hybridized carbons (Fsp3) is 0.500. The maximum Gasteiger partial charge on any atom is 0.335 e. The van der Waals surface area contributed by atoms with E-state index >= 15 is 0 Å². The number of primary amides is 1. The SMILES string of the molecule is CC(C)c1cc(C(=O)O)cc(N(CC(N)=O)C(C)C)n1. The zero-order chi connectivity index (χ0) is 15.4. The molecule has 1 aromatic rings. The Morgan fingerprint density at radius 3 is 2.30 bits per heavy atom. The highest BCUT2D eigenvalue weighted by Crippen LogP contribution is 2.21. The largest absolute Gasteiger partial charge is 0.478 e. The molecule has 0 radical (unpaired) electrons. The lowest BCUT2D eigenvalue weighted by molar-refractivity contribution is -0.116. The molecule has 1 amide bonds. The van der Waals surface area contributed by atoms with Crippen LogP contribution in [0.25, 0.3) is 0 Å². The molecule has 0 aromatic carbocycles. The molecule has 0 fully saturated rings. The minimum absolute atomic E-state index is 0.00523. The third-order valence-electron chi connectivity index (χ3n) is 2.91. The number of carbonyl (C=O) groups excluding carboxylic acids is 1. The summed E-state index contributed by atoms with van der Waals surface area (Å²) in [6, 6.07) is 3.01. The van der Waals surface area contributed by atoms with Gasteiger partial charge in [0.25, 0.3) is 0 Å². The van der Waals surface area contributed by atoms with Crippen LogP contribution in [0.3, 0.4) is 0 Å². The smallest absolute Gasteiger partial charge is 0.335 e. The molecule has 1 rings (SSSR count). The van der Waals surface area contributed by atoms with Crippen molar-refractivity contribution < 1.29 is 14.7 Å². The number of aromatic nitrogens is 1. The van der Waals surface area contributed by atoms with E-state index < -0.39 is 11.9 Å². The van der Waals surface area contributed by atoms with E-state index in [0.29, 0.717) is 11.5 Å². The van der Waals surface area contributed by atoms with Gasteiger partial charge in [0.15, 0.2) is 0 Å². The van der Waals surface area contributed by atoms with Gasteiger partial charge in [0.2, 0.25) is 5.91 Å². The van der Waals surface area contributed by atoms with Crippen LogP contribution >= 0.6 is 0 Å². The Hall–Kier alpha value is -2.11. The first-order valence-corrected chi connectivity index (χ1v) is 6.52. The third kappa shape index (κ3) is 3.94. The van der Waals surface area contributed by atoms with Crippen molar-refractivity contribution in [3.63, 3.8) is 0 Å². The van der Waals surface area contributed by atoms with Crippen LogP contribution in [0.2, 0.25) is 0 Å². The average molecular weight is 279 g/mol. The predicted molar refractivity (Wildman–Crippen MR) is 77.0 cm³/mol. The van der Waals surface area contributed by atoms with Crippen LogP contribution in [0.5, 0.6) is 0 Å². The second-order valence-corrected chi connectivity index (χ2v) is 5.29. The lowest BCUT2D eigenvalue weighted by atomic mass is 10.1. The topological polar surface area (TPSA) is 96.5 Å². The minimum atomic E-state index is -1.02. The van der Waals surface area contributed by atoms with Gasteiger partial charge in [0.05, 0.1) is 12.1 Å². The van der Waals surface area contributed by atoms with Crippen molar-refractivity contribution in [3.05, 3.63) is 23.4 Å². The first kappa shape index (κ1) is 15.9. The van der Waals surface area contributed by atoms with Crippen molar-refractivity contribution in [1.82, 2.24) is 4.98 Å². The van der Waals surface area contributed by atoms with Crippen LogP contribution in [0.1, 0.15) is 49.7 Å². The van der Waals surface area contributed by atoms with Gasteiger partial charge in [-0.15, -0.1) is 0 Å². The van der Waals surface area contributed by atoms with Crippen LogP contribution in [-0.4, -0.2) is 34.6 Å². The van der Waals surface area contributed by atoms with Crippen molar-refractivity contribution in [3.8, 4) is 0 Å². The van der Waals surface area contributed by atoms with E-state index in [2.05, 4.69) is 4.98 Å². The van der Waals surface area contributed by atoms with Gasteiger partial charge < -0.3 is 15.7 Å². The lowest BCUT2D eigenvalue weighted by Crippen LogP contribution is -2.39. The van der Waals surface area contributed by atoms with Gasteiger partial charge in [-0.2, -0.15) is 0 Å². The Kier molecular flexibility index (Phi) is 5.07. The van der Waals surface area contributed by atoms with E-state index in [9.17, 15) is 14.7 Å². The summed E-state index contributed by atoms with van der Waals surface area (Å²) in [7, 11) is 0. The Morgan fingerprint density at radius 2 is 1.90 bits per heavy atom. The molecule has 6 heteroatoms. The highest BCUT2D eigenvalue weighted by atomic mass is 16.4. The summed E-state index contributed by atoms with van der Waals surface area (Å²) in [5.74, 6) is -0.941. The highest BCUT2D eigenvalue weighted by molar-refractivity contribution is 5.89. The summed E-state index contributed by atoms with van der Waals surface area (Å²) in [6.07, 6.45) is 0. The van der Waals surface area contributed by atoms with Crippen molar-refractivity contribution in [1.29, 1.82) is 0 Å². The summed E-state index contributed by atoms with van der Waals surface area (Å²) >= 11 is 0. The summed E-state index contributed by atoms with van der Waals surface area (Å²) in [5.41, 5.74) is 6.08. The van der Waals surface area contributed by atoms with Gasteiger partial charge in [0, 0.05) is 11.7 Å². The number of carboxylic acids is 1. The van der Waals surface area contributed by atoms with Gasteiger partial charge in [0.1, 0.15) is 5.82 Å². The first-order valence-electron chi connectivity index (χ1n) is 6.52. The molecule has 0 saturated heterocycles. The molecule has 0 spiro atoms. The normalized spacial score (nSPS) is 10.9. The van der Waals surface area contributed by atoms with Crippen LogP contribution in [0, 0.1) is 0 Å². The van der Waals surface area contributed by atoms with Gasteiger partial charge in [-0.1, -0.05) is 13.8 Å². The molecule has 0 bridgehead atoms. The molecule has 3 N–H and O–H groups in total. The monoisotopic (exact) mass is 279 g/mol. The van der Waals surface area contributed by atoms with E-state index in [-0.39, 0.29) is 24.1 Å². The zero-order valence-corrected chi connectivity index (χ0v) is 12.3. The fourth-order valence-corrected chi connectivity index (χ4v) is 1.80. The lowest BCUT2D eigenvalue weighted by Gasteiger charge is -2.27. The summed E-state index contributed by atoms with van der Waals surface area (Å²) in [5, 5.41) is 9.18. The molecular weight excluding hydrogens is 258 g/mol. The number of amides is 1. The molecule has 20 heavy (non-hydrogen) atoms. The Bertz CT molecular complexity index is 512. The van der Waals surface area contributed by atoms with Crippen molar-refractivity contribution in [2.45, 2.75) is 39.7 Å². The summed E-state index contributed by atoms with van der Waals surface area (Å²) in [6.45, 7) is 7.67. The number of nitrogens with two attached hydrogens (primary N) is 1. The third-order valence-corrected chi connectivity index (χ3v) is 2.91. The fourth-order valence-electron chi connectivity index (χ4n) is 1.80. The van der Waals surface area contributed by atoms with Crippen LogP contribution in [-0.2, 0) is 4.79 Å². The molecule has 6 nitrogen and oxygen atoms in total. The maximum absolute atomic E-state index is 11.2. The van der Waals surface area contributed by atoms with Crippen molar-refractivity contribution >= 4 is 17.7 Å². The number of hydrogen-bond donors (Lipinski definition) is 2. The van der Waals surface area contributed by atoms with Crippen LogP contribution < -0.4 is 10.6 Å². The van der Waals surface area contributed by atoms with Gasteiger partial charge >= 0.3 is 5.97 Å². The predicted octanol–water partition coefficient (Wildman–Crippen LogP) is 1.60. The second kappa shape index (κ2) is 6.36. The van der Waals surface area contributed by atoms with E-state index in [4.69, 9.17) is 5.73 Å². The van der Waals surface area contributed by atoms with Gasteiger partial charge in [-0.25, -0.2) is 9.78 Å². The van der Waals surface area contributed by atoms with Crippen LogP contribution in [0.4, 0.5) is 5.82 Å². The van der Waals surface area contributed by atoms with E-state index in [1.54, 1.807) is 11.0 Å². The Labute approximate surface area is 118 Å². The zero-order valence-electron chi connectivity index (χ0n) is 12.3. The second-order valence-electron chi connectivity index (χ2n) is 5.29. The van der Waals surface area contributed by atoms with E-state index in [1.807, 2.05) is 27.7 Å². The number of hydrogen-bond acceptors (Lipinski definition) is 4. The molecular formula is C14H21N3O3.